The summed E-state index contributed by atoms with van der Waals surface area (Å²) in [5, 5.41) is 2.91. The van der Waals surface area contributed by atoms with Crippen LogP contribution in [0, 0.1) is 11.3 Å². The molecular formula is C30H37N3O7. The lowest BCUT2D eigenvalue weighted by atomic mass is 9.93. The van der Waals surface area contributed by atoms with E-state index in [0.29, 0.717) is 34.9 Å². The van der Waals surface area contributed by atoms with Crippen LogP contribution in [0.15, 0.2) is 36.4 Å². The molecule has 2 aromatic rings. The summed E-state index contributed by atoms with van der Waals surface area (Å²) < 4.78 is 11.2. The number of rotatable bonds is 10. The van der Waals surface area contributed by atoms with Gasteiger partial charge in [0.15, 0.2) is 11.5 Å². The number of ether oxygens (including phenoxy) is 2. The topological polar surface area (TPSA) is 123 Å². The third-order valence-corrected chi connectivity index (χ3v) is 6.75. The van der Waals surface area contributed by atoms with Gasteiger partial charge in [-0.2, -0.15) is 5.48 Å². The molecule has 0 bridgehead atoms. The Labute approximate surface area is 234 Å². The molecule has 0 aromatic heterocycles. The maximum Gasteiger partial charge on any atom is 0.332 e. The third-order valence-electron chi connectivity index (χ3n) is 6.75. The number of nitrogens with one attached hydrogen (secondary N) is 2. The highest BCUT2D eigenvalue weighted by Crippen LogP contribution is 2.40. The molecule has 4 rings (SSSR count). The van der Waals surface area contributed by atoms with Crippen LogP contribution in [-0.2, 0) is 25.8 Å². The molecule has 1 aliphatic carbocycles. The summed E-state index contributed by atoms with van der Waals surface area (Å²) in [5.41, 5.74) is 4.21. The molecule has 1 heterocycles. The fourth-order valence-electron chi connectivity index (χ4n) is 4.70. The lowest BCUT2D eigenvalue weighted by Crippen LogP contribution is -2.35. The summed E-state index contributed by atoms with van der Waals surface area (Å²) >= 11 is 0. The van der Waals surface area contributed by atoms with Gasteiger partial charge in [0.1, 0.15) is 0 Å². The van der Waals surface area contributed by atoms with Crippen molar-refractivity contribution in [2.45, 2.75) is 66.0 Å². The first kappa shape index (κ1) is 28.9. The number of carbonyl (C=O) groups excluding carboxylic acids is 4. The molecule has 1 saturated carbocycles. The van der Waals surface area contributed by atoms with Crippen molar-refractivity contribution in [1.29, 1.82) is 0 Å². The number of benzene rings is 2. The number of methoxy groups -OCH3 is 1. The van der Waals surface area contributed by atoms with Crippen LogP contribution in [0.25, 0.3) is 0 Å². The van der Waals surface area contributed by atoms with E-state index in [1.54, 1.807) is 35.2 Å². The minimum absolute atomic E-state index is 0.0165. The van der Waals surface area contributed by atoms with E-state index in [2.05, 4.69) is 10.8 Å². The molecule has 1 fully saturated rings. The molecule has 1 aliphatic heterocycles. The van der Waals surface area contributed by atoms with Gasteiger partial charge in [-0.25, -0.2) is 4.79 Å². The maximum absolute atomic E-state index is 13.8. The minimum atomic E-state index is -0.724. The molecule has 40 heavy (non-hydrogen) atoms. The highest BCUT2D eigenvalue weighted by atomic mass is 16.7. The van der Waals surface area contributed by atoms with Crippen LogP contribution < -0.4 is 20.3 Å². The lowest BCUT2D eigenvalue weighted by molar-refractivity contribution is -0.160. The highest BCUT2D eigenvalue weighted by Gasteiger charge is 2.38. The first-order valence-electron chi connectivity index (χ1n) is 13.5. The van der Waals surface area contributed by atoms with Gasteiger partial charge >= 0.3 is 5.97 Å². The summed E-state index contributed by atoms with van der Waals surface area (Å²) in [7, 11) is 1.53. The monoisotopic (exact) mass is 551 g/mol. The number of anilines is 1. The zero-order valence-electron chi connectivity index (χ0n) is 23.7. The first-order valence-corrected chi connectivity index (χ1v) is 13.5. The van der Waals surface area contributed by atoms with Crippen LogP contribution in [0.3, 0.4) is 0 Å². The number of hydrogen-bond acceptors (Lipinski definition) is 7. The molecule has 10 nitrogen and oxygen atoms in total. The first-order chi connectivity index (χ1) is 19.0. The SMILES string of the molecule is CCOc1cc(C(CC(=O)NOC(=O)CC(C)(C)C)N2Cc3cccc(NC(=O)C4CC4)c3C2=O)ccc1OC. The predicted octanol–water partition coefficient (Wildman–Crippen LogP) is 4.54. The molecule has 0 spiro atoms. The molecule has 0 saturated heterocycles. The number of fused-ring (bicyclic) bond motifs is 1. The van der Waals surface area contributed by atoms with E-state index in [-0.39, 0.29) is 42.5 Å². The van der Waals surface area contributed by atoms with E-state index < -0.39 is 17.9 Å². The van der Waals surface area contributed by atoms with Crippen molar-refractivity contribution in [3.63, 3.8) is 0 Å². The fraction of sp³-hybridized carbons (Fsp3) is 0.467. The van der Waals surface area contributed by atoms with E-state index in [1.807, 2.05) is 33.8 Å². The standard InChI is InChI=1S/C30H37N3O7/c1-6-39-24-14-19(12-13-23(24)38-5)22(15-25(34)32-40-26(35)16-30(2,3)4)33-17-20-8-7-9-21(27(20)29(33)37)31-28(36)18-10-11-18/h7-9,12-14,18,22H,6,10-11,15-17H2,1-5H3,(H,31,36)(H,32,34). The van der Waals surface area contributed by atoms with Crippen molar-refractivity contribution < 1.29 is 33.5 Å². The van der Waals surface area contributed by atoms with Gasteiger partial charge < -0.3 is 24.5 Å². The molecular weight excluding hydrogens is 514 g/mol. The Bertz CT molecular complexity index is 1300. The summed E-state index contributed by atoms with van der Waals surface area (Å²) in [6.07, 6.45) is 1.64. The van der Waals surface area contributed by atoms with Crippen LogP contribution in [0.2, 0.25) is 0 Å². The van der Waals surface area contributed by atoms with Gasteiger partial charge in [-0.3, -0.25) is 14.4 Å². The van der Waals surface area contributed by atoms with Crippen molar-refractivity contribution in [3.05, 3.63) is 53.1 Å². The quantitative estimate of drug-likeness (QED) is 0.416. The Morgan fingerprint density at radius 3 is 2.50 bits per heavy atom. The molecule has 0 radical (unpaired) electrons. The largest absolute Gasteiger partial charge is 0.493 e. The second-order valence-corrected chi connectivity index (χ2v) is 11.3. The van der Waals surface area contributed by atoms with Crippen LogP contribution in [0.5, 0.6) is 11.5 Å². The summed E-state index contributed by atoms with van der Waals surface area (Å²) in [5.74, 6) is -0.537. The Balaban J connectivity index is 1.61. The molecule has 10 heteroatoms. The molecule has 2 aromatic carbocycles. The lowest BCUT2D eigenvalue weighted by Gasteiger charge is -2.28. The molecule has 214 valence electrons. The highest BCUT2D eigenvalue weighted by molar-refractivity contribution is 6.07. The van der Waals surface area contributed by atoms with Crippen LogP contribution in [-0.4, -0.2) is 42.3 Å². The summed E-state index contributed by atoms with van der Waals surface area (Å²) in [6, 6.07) is 9.88. The van der Waals surface area contributed by atoms with Gasteiger partial charge in [0.2, 0.25) is 5.91 Å². The van der Waals surface area contributed by atoms with Gasteiger partial charge in [0, 0.05) is 12.5 Å². The number of amides is 3. The smallest absolute Gasteiger partial charge is 0.332 e. The summed E-state index contributed by atoms with van der Waals surface area (Å²) in [4.78, 5) is 58.1. The maximum atomic E-state index is 13.8. The molecule has 2 aliphatic rings. The number of hydrogen-bond donors (Lipinski definition) is 2. The van der Waals surface area contributed by atoms with E-state index >= 15 is 0 Å². The third kappa shape index (κ3) is 6.91. The van der Waals surface area contributed by atoms with Crippen molar-refractivity contribution in [2.24, 2.45) is 11.3 Å². The van der Waals surface area contributed by atoms with Crippen LogP contribution in [0.4, 0.5) is 5.69 Å². The Morgan fingerprint density at radius 1 is 1.10 bits per heavy atom. The number of nitrogens with zero attached hydrogens (tertiary/aromatic N) is 1. The van der Waals surface area contributed by atoms with Crippen LogP contribution >= 0.6 is 0 Å². The van der Waals surface area contributed by atoms with Gasteiger partial charge in [0.25, 0.3) is 11.8 Å². The van der Waals surface area contributed by atoms with Crippen LogP contribution in [0.1, 0.15) is 80.9 Å². The van der Waals surface area contributed by atoms with Crippen molar-refractivity contribution in [3.8, 4) is 11.5 Å². The zero-order valence-corrected chi connectivity index (χ0v) is 23.7. The second-order valence-electron chi connectivity index (χ2n) is 11.3. The van der Waals surface area contributed by atoms with Crippen molar-refractivity contribution in [1.82, 2.24) is 10.4 Å². The van der Waals surface area contributed by atoms with E-state index in [0.717, 1.165) is 18.4 Å². The van der Waals surface area contributed by atoms with Gasteiger partial charge in [0.05, 0.1) is 43.9 Å². The molecule has 1 atom stereocenters. The molecule has 1 unspecified atom stereocenters. The zero-order chi connectivity index (χ0) is 29.0. The predicted molar refractivity (Wildman–Crippen MR) is 147 cm³/mol. The molecule has 2 N–H and O–H groups in total. The van der Waals surface area contributed by atoms with E-state index in [1.165, 1.54) is 7.11 Å². The van der Waals surface area contributed by atoms with Crippen molar-refractivity contribution in [2.75, 3.05) is 19.0 Å². The van der Waals surface area contributed by atoms with Gasteiger partial charge in [-0.15, -0.1) is 0 Å². The van der Waals surface area contributed by atoms with E-state index in [9.17, 15) is 19.2 Å². The average Bonchev–Trinajstić information content (AvgIpc) is 3.69. The molecule has 3 amide bonds. The van der Waals surface area contributed by atoms with Gasteiger partial charge in [-0.1, -0.05) is 39.0 Å². The average molecular weight is 552 g/mol. The summed E-state index contributed by atoms with van der Waals surface area (Å²) in [6.45, 7) is 8.16. The minimum Gasteiger partial charge on any atom is -0.493 e. The Hall–Kier alpha value is -4.08. The Kier molecular flexibility index (Phi) is 8.66. The number of hydroxylamine groups is 1. The Morgan fingerprint density at radius 2 is 1.85 bits per heavy atom. The van der Waals surface area contributed by atoms with Gasteiger partial charge in [-0.05, 0) is 54.5 Å². The van der Waals surface area contributed by atoms with E-state index in [4.69, 9.17) is 14.3 Å². The normalized spacial score (nSPS) is 15.2. The second kappa shape index (κ2) is 12.0. The number of carbonyl (C=O) groups is 4. The fourth-order valence-corrected chi connectivity index (χ4v) is 4.70. The van der Waals surface area contributed by atoms with Crippen molar-refractivity contribution >= 4 is 29.4 Å².